The SMILES string of the molecule is C=S(=C)(CCCCCCCCC)CC(=O)NC1CCOC1=O.CCCCCCCCCS(=O)(=O)CC(=O)NC1CCOC1=O.CCCCCCCCCSCC(=O)NC1CCOC1=O.CCCCCCCCC[S+](C)CC(=O)NC1CCOC1=O.CCCCCCCCC[S+](C)CC(=O)NC1CCOC1=O.CCCCCCCCNS(=O)(=O)CC(=O)NC1CCCC1=O. The highest BCUT2D eigenvalue weighted by molar-refractivity contribution is 8.28. The van der Waals surface area contributed by atoms with Crippen molar-refractivity contribution in [2.75, 3.05) is 115 Å². The van der Waals surface area contributed by atoms with Crippen molar-refractivity contribution in [3.63, 3.8) is 0 Å². The van der Waals surface area contributed by atoms with Crippen molar-refractivity contribution in [2.45, 2.75) is 392 Å². The van der Waals surface area contributed by atoms with Crippen molar-refractivity contribution in [1.29, 1.82) is 0 Å². The van der Waals surface area contributed by atoms with Crippen LogP contribution >= 0.6 is 21.0 Å². The zero-order chi connectivity index (χ0) is 94.9. The van der Waals surface area contributed by atoms with Gasteiger partial charge in [-0.3, -0.25) is 33.6 Å². The Balaban J connectivity index is 0.000000768. The monoisotopic (exact) mass is 1930 g/mol. The summed E-state index contributed by atoms with van der Waals surface area (Å²) in [6.07, 6.45) is 58.8. The van der Waals surface area contributed by atoms with E-state index >= 15 is 0 Å². The van der Waals surface area contributed by atoms with Gasteiger partial charge >= 0.3 is 29.8 Å². The number of cyclic esters (lactones) is 5. The summed E-state index contributed by atoms with van der Waals surface area (Å²) in [6.45, 7) is 15.5. The first kappa shape index (κ1) is 121. The first-order valence-corrected chi connectivity index (χ1v) is 59.7. The molecule has 1 aliphatic carbocycles. The number of hydrogen-bond donors (Lipinski definition) is 7. The molecule has 0 aromatic heterocycles. The summed E-state index contributed by atoms with van der Waals surface area (Å²) in [7, 11) is -8.18. The van der Waals surface area contributed by atoms with Gasteiger partial charge in [-0.15, -0.1) is 0 Å². The summed E-state index contributed by atoms with van der Waals surface area (Å²) in [5.74, 6) is 10.1. The molecule has 34 heteroatoms. The van der Waals surface area contributed by atoms with Crippen LogP contribution in [0.25, 0.3) is 0 Å². The zero-order valence-electron chi connectivity index (χ0n) is 80.1. The van der Waals surface area contributed by atoms with Crippen LogP contribution in [0, 0.1) is 0 Å². The number of thioether (sulfide) groups is 1. The van der Waals surface area contributed by atoms with E-state index < -0.39 is 94.6 Å². The van der Waals surface area contributed by atoms with Gasteiger partial charge in [0.25, 0.3) is 11.8 Å². The summed E-state index contributed by atoms with van der Waals surface area (Å²) in [4.78, 5) is 138. The number of rotatable bonds is 66. The van der Waals surface area contributed by atoms with E-state index in [0.717, 1.165) is 74.4 Å². The molecular formula is C94H173N7O21S6+2. The third-order valence-electron chi connectivity index (χ3n) is 22.3. The van der Waals surface area contributed by atoms with Crippen LogP contribution in [0.5, 0.6) is 0 Å². The molecule has 5 aliphatic heterocycles. The van der Waals surface area contributed by atoms with Crippen LogP contribution in [0.15, 0.2) is 0 Å². The molecule has 5 saturated heterocycles. The zero-order valence-corrected chi connectivity index (χ0v) is 85.0. The van der Waals surface area contributed by atoms with E-state index in [1.807, 2.05) is 0 Å². The maximum atomic E-state index is 12.0. The Morgan fingerprint density at radius 1 is 0.344 bits per heavy atom. The maximum absolute atomic E-state index is 12.0. The molecule has 6 aliphatic rings. The van der Waals surface area contributed by atoms with Gasteiger partial charge in [-0.25, -0.2) is 54.7 Å². The molecule has 6 fully saturated rings. The summed E-state index contributed by atoms with van der Waals surface area (Å²) in [6, 6.07) is -2.90. The van der Waals surface area contributed by atoms with E-state index in [4.69, 9.17) is 23.7 Å². The van der Waals surface area contributed by atoms with Gasteiger partial charge < -0.3 is 55.6 Å². The Kier molecular flexibility index (Phi) is 72.9. The number of esters is 5. The van der Waals surface area contributed by atoms with Gasteiger partial charge in [0.05, 0.1) is 68.8 Å². The van der Waals surface area contributed by atoms with Crippen LogP contribution in [0.4, 0.5) is 0 Å². The third kappa shape index (κ3) is 67.1. The Bertz CT molecular complexity index is 3180. The Morgan fingerprint density at radius 3 is 0.969 bits per heavy atom. The Labute approximate surface area is 782 Å². The highest BCUT2D eigenvalue weighted by Gasteiger charge is 2.34. The van der Waals surface area contributed by atoms with Crippen LogP contribution in [0.3, 0.4) is 0 Å². The Morgan fingerprint density at radius 2 is 0.633 bits per heavy atom. The molecule has 6 rings (SSSR count). The van der Waals surface area contributed by atoms with Crippen molar-refractivity contribution in [3.8, 4) is 0 Å². The minimum atomic E-state index is -3.61. The molecule has 0 aromatic carbocycles. The molecule has 28 nitrogen and oxygen atoms in total. The highest BCUT2D eigenvalue weighted by Crippen LogP contribution is 2.24. The topological polar surface area (TPSA) is 403 Å². The van der Waals surface area contributed by atoms with Gasteiger partial charge in [-0.2, -0.15) is 11.8 Å². The van der Waals surface area contributed by atoms with Crippen molar-refractivity contribution >= 4 is 145 Å². The minimum absolute atomic E-state index is 0.00682. The predicted molar refractivity (Wildman–Crippen MR) is 527 cm³/mol. The first-order chi connectivity index (χ1) is 61.3. The molecule has 5 heterocycles. The number of amides is 6. The average molecular weight is 1930 g/mol. The lowest BCUT2D eigenvalue weighted by Crippen LogP contribution is -2.43. The number of ketones is 1. The molecule has 8 unspecified atom stereocenters. The molecule has 744 valence electrons. The van der Waals surface area contributed by atoms with Gasteiger partial charge in [0, 0.05) is 45.1 Å². The molecule has 7 N–H and O–H groups in total. The van der Waals surface area contributed by atoms with Gasteiger partial charge in [0.1, 0.15) is 53.2 Å². The summed E-state index contributed by atoms with van der Waals surface area (Å²) < 4.78 is 73.7. The molecule has 0 radical (unpaired) electrons. The fourth-order valence-corrected chi connectivity index (χ4v) is 22.1. The minimum Gasteiger partial charge on any atom is -0.464 e. The molecule has 6 amide bonds. The lowest BCUT2D eigenvalue weighted by atomic mass is 10.1. The van der Waals surface area contributed by atoms with E-state index in [1.54, 1.807) is 11.8 Å². The lowest BCUT2D eigenvalue weighted by Gasteiger charge is -2.15. The normalized spacial score (nSPS) is 18.6. The van der Waals surface area contributed by atoms with Gasteiger partial charge in [0.15, 0.2) is 27.1 Å². The number of nitrogens with one attached hydrogen (secondary N) is 7. The number of ether oxygens (including phenoxy) is 5. The lowest BCUT2D eigenvalue weighted by molar-refractivity contribution is -0.141. The van der Waals surface area contributed by atoms with E-state index in [-0.39, 0.29) is 87.4 Å². The first-order valence-electron chi connectivity index (χ1n) is 48.8. The van der Waals surface area contributed by atoms with E-state index in [2.05, 4.69) is 102 Å². The van der Waals surface area contributed by atoms with Crippen LogP contribution in [-0.4, -0.2) is 251 Å². The second-order valence-corrected chi connectivity index (χ2v) is 47.6. The van der Waals surface area contributed by atoms with E-state index in [9.17, 15) is 74.4 Å². The number of hydrogen-bond acceptors (Lipinski definition) is 22. The second-order valence-electron chi connectivity index (χ2n) is 34.9. The summed E-state index contributed by atoms with van der Waals surface area (Å²) >= 11 is 1.65. The quantitative estimate of drug-likeness (QED) is 0.00977. The van der Waals surface area contributed by atoms with Crippen molar-refractivity contribution < 1.29 is 98.1 Å². The molecule has 1 saturated carbocycles. The third-order valence-corrected chi connectivity index (χ3v) is 31.7. The van der Waals surface area contributed by atoms with Crippen molar-refractivity contribution in [3.05, 3.63) is 0 Å². The van der Waals surface area contributed by atoms with Gasteiger partial charge in [-0.1, -0.05) is 265 Å². The highest BCUT2D eigenvalue weighted by atomic mass is 32.2. The molecule has 0 aromatic rings. The summed E-state index contributed by atoms with van der Waals surface area (Å²) in [5.41, 5.74) is 0. The Hall–Kier alpha value is -5.16. The number of Topliss-reactive ketones (excluding diaryl/α,β-unsaturated/α-hetero) is 1. The predicted octanol–water partition coefficient (Wildman–Crippen LogP) is 13.7. The number of unbranched alkanes of at least 4 members (excludes halogenated alkanes) is 35. The van der Waals surface area contributed by atoms with E-state index in [1.165, 1.54) is 212 Å². The van der Waals surface area contributed by atoms with Crippen molar-refractivity contribution in [1.82, 2.24) is 36.6 Å². The summed E-state index contributed by atoms with van der Waals surface area (Å²) in [5, 5.41) is 15.9. The van der Waals surface area contributed by atoms with Crippen molar-refractivity contribution in [2.24, 2.45) is 0 Å². The molecule has 0 spiro atoms. The van der Waals surface area contributed by atoms with Crippen LogP contribution < -0.4 is 36.6 Å². The smallest absolute Gasteiger partial charge is 0.328 e. The standard InChI is InChI=1S/C17H31NO3S.2C16H29NO3S.C15H28N2O4S.C15H27NO5S.C15H27NO3S/c1-4-5-6-7-8-9-10-13-22(2,3)14-16(19)18-15-11-12-21-17(15)20;2*1-3-4-5-6-7-8-9-12-21(2)13-15(18)17-14-10-11-20-16(14)19;1-2-3-4-5-6-7-11-16-22(20,21)12-15(19)17-13-9-8-10-14(13)18;1-2-3-4-5-6-7-8-11-22(19,20)12-14(17)16-13-9-10-21-15(13)18;1-2-3-4-5-6-7-8-11-20-12-14(17)16-13-9-10-19-15(13)18/h15H,2-14H2,1H3,(H,18,19);2*14H,3-13H2,1-2H3;13,16H,2-12H2,1H3,(H,17,19);13H,2-12H2,1H3,(H,16,17);13H,2-12H2,1H3,(H,16,17)/p+2. The van der Waals surface area contributed by atoms with Crippen LogP contribution in [0.2, 0.25) is 0 Å². The number of sulfone groups is 1. The maximum Gasteiger partial charge on any atom is 0.328 e. The van der Waals surface area contributed by atoms with E-state index in [0.29, 0.717) is 107 Å². The molecule has 128 heavy (non-hydrogen) atoms. The van der Waals surface area contributed by atoms with Crippen LogP contribution in [0.1, 0.15) is 356 Å². The number of carbonyl (C=O) groups excluding carboxylic acids is 12. The number of sulfonamides is 1. The van der Waals surface area contributed by atoms with Crippen LogP contribution in [-0.2, 0) is 123 Å². The molecule has 0 bridgehead atoms. The fraction of sp³-hybridized carbons (Fsp3) is 0.851. The van der Waals surface area contributed by atoms with Gasteiger partial charge in [-0.05, 0) is 97.5 Å². The largest absolute Gasteiger partial charge is 0.464 e. The van der Waals surface area contributed by atoms with Gasteiger partial charge in [0.2, 0.25) is 33.7 Å². The fourth-order valence-electron chi connectivity index (χ4n) is 14.7. The molecular weight excluding hydrogens is 1760 g/mol. The number of carbonyl (C=O) groups is 12. The second kappa shape index (κ2) is 77.2. The molecule has 8 atom stereocenters. The average Bonchev–Trinajstić information content (AvgIpc) is 1.40.